The van der Waals surface area contributed by atoms with E-state index in [4.69, 9.17) is 4.74 Å². The van der Waals surface area contributed by atoms with E-state index < -0.39 is 0 Å². The van der Waals surface area contributed by atoms with Crippen LogP contribution in [0.25, 0.3) is 0 Å². The van der Waals surface area contributed by atoms with E-state index in [1.54, 1.807) is 7.11 Å². The third-order valence-electron chi connectivity index (χ3n) is 1.68. The van der Waals surface area contributed by atoms with Crippen molar-refractivity contribution in [3.05, 3.63) is 23.8 Å². The van der Waals surface area contributed by atoms with Gasteiger partial charge >= 0.3 is 0 Å². The number of hydrogen-bond donors (Lipinski definition) is 0. The van der Waals surface area contributed by atoms with Gasteiger partial charge in [-0.3, -0.25) is 0 Å². The van der Waals surface area contributed by atoms with Crippen LogP contribution in [0.1, 0.15) is 19.4 Å². The quantitative estimate of drug-likeness (QED) is 0.684. The van der Waals surface area contributed by atoms with Crippen molar-refractivity contribution in [3.8, 4) is 5.75 Å². The van der Waals surface area contributed by atoms with Crippen LogP contribution in [-0.2, 0) is 0 Å². The van der Waals surface area contributed by atoms with E-state index in [9.17, 15) is 0 Å². The highest BCUT2D eigenvalue weighted by Crippen LogP contribution is 2.32. The molecule has 1 rings (SSSR count). The van der Waals surface area contributed by atoms with E-state index in [1.165, 1.54) is 10.5 Å². The average Bonchev–Trinajstić information content (AvgIpc) is 2.07. The van der Waals surface area contributed by atoms with Crippen LogP contribution in [0.2, 0.25) is 0 Å². The van der Waals surface area contributed by atoms with Gasteiger partial charge in [0, 0.05) is 10.1 Å². The van der Waals surface area contributed by atoms with E-state index in [0.29, 0.717) is 5.25 Å². The molecule has 1 aromatic carbocycles. The Labute approximate surface area is 84.5 Å². The van der Waals surface area contributed by atoms with Crippen molar-refractivity contribution >= 4 is 11.8 Å². The first-order chi connectivity index (χ1) is 6.13. The molecule has 0 N–H and O–H groups in total. The van der Waals surface area contributed by atoms with Crippen LogP contribution >= 0.6 is 11.8 Å². The summed E-state index contributed by atoms with van der Waals surface area (Å²) in [6.07, 6.45) is 0. The molecule has 0 bridgehead atoms. The van der Waals surface area contributed by atoms with Gasteiger partial charge in [0.05, 0.1) is 7.11 Å². The highest BCUT2D eigenvalue weighted by atomic mass is 32.2. The maximum absolute atomic E-state index is 5.31. The molecule has 0 atom stereocenters. The number of benzene rings is 1. The second-order valence-electron chi connectivity index (χ2n) is 3.32. The van der Waals surface area contributed by atoms with Gasteiger partial charge in [-0.15, -0.1) is 11.8 Å². The van der Waals surface area contributed by atoms with Crippen LogP contribution in [-0.4, -0.2) is 12.4 Å². The lowest BCUT2D eigenvalue weighted by molar-refractivity contribution is 0.404. The van der Waals surface area contributed by atoms with Crippen molar-refractivity contribution in [2.75, 3.05) is 7.11 Å². The summed E-state index contributed by atoms with van der Waals surface area (Å²) in [4.78, 5) is 1.23. The fourth-order valence-electron chi connectivity index (χ4n) is 1.13. The van der Waals surface area contributed by atoms with Gasteiger partial charge in [0.1, 0.15) is 5.75 Å². The molecule has 0 heterocycles. The number of methoxy groups -OCH3 is 1. The van der Waals surface area contributed by atoms with Gasteiger partial charge in [-0.1, -0.05) is 19.9 Å². The number of aryl methyl sites for hydroxylation is 1. The fraction of sp³-hybridized carbons (Fsp3) is 0.455. The normalized spacial score (nSPS) is 10.5. The third kappa shape index (κ3) is 2.96. The molecule has 0 aliphatic heterocycles. The topological polar surface area (TPSA) is 9.23 Å². The Hall–Kier alpha value is -0.630. The summed E-state index contributed by atoms with van der Waals surface area (Å²) in [5.41, 5.74) is 1.24. The molecule has 0 unspecified atom stereocenters. The van der Waals surface area contributed by atoms with E-state index in [-0.39, 0.29) is 0 Å². The van der Waals surface area contributed by atoms with E-state index in [2.05, 4.69) is 39.0 Å². The summed E-state index contributed by atoms with van der Waals surface area (Å²) in [5, 5.41) is 0.594. The molecule has 1 aromatic rings. The van der Waals surface area contributed by atoms with Crippen LogP contribution in [0.15, 0.2) is 23.1 Å². The minimum Gasteiger partial charge on any atom is -0.496 e. The summed E-state index contributed by atoms with van der Waals surface area (Å²) in [5.74, 6) is 0.985. The molecule has 13 heavy (non-hydrogen) atoms. The lowest BCUT2D eigenvalue weighted by Crippen LogP contribution is -1.91. The first-order valence-corrected chi connectivity index (χ1v) is 5.32. The summed E-state index contributed by atoms with van der Waals surface area (Å²) in [6, 6.07) is 6.32. The molecule has 0 aliphatic carbocycles. The second kappa shape index (κ2) is 4.56. The summed E-state index contributed by atoms with van der Waals surface area (Å²) < 4.78 is 5.31. The molecule has 72 valence electrons. The predicted octanol–water partition coefficient (Wildman–Crippen LogP) is 3.50. The van der Waals surface area contributed by atoms with Gasteiger partial charge < -0.3 is 4.74 Å². The maximum Gasteiger partial charge on any atom is 0.132 e. The van der Waals surface area contributed by atoms with E-state index in [1.807, 2.05) is 11.8 Å². The van der Waals surface area contributed by atoms with Gasteiger partial charge in [0.15, 0.2) is 0 Å². The summed E-state index contributed by atoms with van der Waals surface area (Å²) in [6.45, 7) is 6.44. The van der Waals surface area contributed by atoms with Gasteiger partial charge in [-0.25, -0.2) is 0 Å². The standard InChI is InChI=1S/C11H16OS/c1-8(2)13-11-6-5-9(3)7-10(11)12-4/h5-8H,1-4H3. The highest BCUT2D eigenvalue weighted by molar-refractivity contribution is 8.00. The zero-order valence-corrected chi connectivity index (χ0v) is 9.44. The molecule has 0 saturated heterocycles. The number of thioether (sulfide) groups is 1. The second-order valence-corrected chi connectivity index (χ2v) is 4.94. The minimum atomic E-state index is 0.594. The van der Waals surface area contributed by atoms with Gasteiger partial charge in [-0.05, 0) is 24.6 Å². The third-order valence-corrected chi connectivity index (χ3v) is 2.74. The van der Waals surface area contributed by atoms with Crippen molar-refractivity contribution < 1.29 is 4.74 Å². The molecule has 2 heteroatoms. The maximum atomic E-state index is 5.31. The highest BCUT2D eigenvalue weighted by Gasteiger charge is 2.05. The molecule has 0 spiro atoms. The lowest BCUT2D eigenvalue weighted by Gasteiger charge is -2.10. The SMILES string of the molecule is COc1cc(C)ccc1SC(C)C. The van der Waals surface area contributed by atoms with Crippen molar-refractivity contribution in [2.24, 2.45) is 0 Å². The minimum absolute atomic E-state index is 0.594. The number of ether oxygens (including phenoxy) is 1. The van der Waals surface area contributed by atoms with E-state index in [0.717, 1.165) is 5.75 Å². The molecule has 0 radical (unpaired) electrons. The molecular formula is C11H16OS. The first-order valence-electron chi connectivity index (χ1n) is 4.44. The van der Waals surface area contributed by atoms with Crippen LogP contribution in [0.5, 0.6) is 5.75 Å². The Kier molecular flexibility index (Phi) is 3.67. The smallest absolute Gasteiger partial charge is 0.132 e. The molecule has 1 nitrogen and oxygen atoms in total. The van der Waals surface area contributed by atoms with Crippen molar-refractivity contribution in [2.45, 2.75) is 30.9 Å². The van der Waals surface area contributed by atoms with Crippen LogP contribution in [0.3, 0.4) is 0 Å². The summed E-state index contributed by atoms with van der Waals surface area (Å²) >= 11 is 1.83. The van der Waals surface area contributed by atoms with Gasteiger partial charge in [-0.2, -0.15) is 0 Å². The van der Waals surface area contributed by atoms with Crippen LogP contribution < -0.4 is 4.74 Å². The van der Waals surface area contributed by atoms with Crippen LogP contribution in [0.4, 0.5) is 0 Å². The monoisotopic (exact) mass is 196 g/mol. The summed E-state index contributed by atoms with van der Waals surface area (Å²) in [7, 11) is 1.72. The fourth-order valence-corrected chi connectivity index (χ4v) is 2.04. The van der Waals surface area contributed by atoms with Crippen molar-refractivity contribution in [1.29, 1.82) is 0 Å². The van der Waals surface area contributed by atoms with Crippen LogP contribution in [0, 0.1) is 6.92 Å². The molecule has 0 saturated carbocycles. The lowest BCUT2D eigenvalue weighted by atomic mass is 10.2. The Morgan fingerprint density at radius 3 is 2.54 bits per heavy atom. The Morgan fingerprint density at radius 1 is 1.31 bits per heavy atom. The van der Waals surface area contributed by atoms with Crippen molar-refractivity contribution in [3.63, 3.8) is 0 Å². The number of hydrogen-bond acceptors (Lipinski definition) is 2. The molecule has 0 amide bonds. The Bertz CT molecular complexity index is 281. The van der Waals surface area contributed by atoms with Gasteiger partial charge in [0.2, 0.25) is 0 Å². The zero-order chi connectivity index (χ0) is 9.84. The molecular weight excluding hydrogens is 180 g/mol. The molecule has 0 fully saturated rings. The van der Waals surface area contributed by atoms with Gasteiger partial charge in [0.25, 0.3) is 0 Å². The largest absolute Gasteiger partial charge is 0.496 e. The van der Waals surface area contributed by atoms with Crippen molar-refractivity contribution in [1.82, 2.24) is 0 Å². The first kappa shape index (κ1) is 10.5. The average molecular weight is 196 g/mol. The molecule has 0 aromatic heterocycles. The van der Waals surface area contributed by atoms with E-state index >= 15 is 0 Å². The zero-order valence-electron chi connectivity index (χ0n) is 8.63. The Morgan fingerprint density at radius 2 is 2.00 bits per heavy atom. The number of rotatable bonds is 3. The Balaban J connectivity index is 2.92. The molecule has 0 aliphatic rings. The predicted molar refractivity (Wildman–Crippen MR) is 58.7 cm³/mol.